The summed E-state index contributed by atoms with van der Waals surface area (Å²) in [5.74, 6) is -0.00297. The van der Waals surface area contributed by atoms with Gasteiger partial charge in [0.05, 0.1) is 19.0 Å². The molecule has 1 heterocycles. The number of ether oxygens (including phenoxy) is 1. The highest BCUT2D eigenvalue weighted by Gasteiger charge is 2.24. The fourth-order valence-corrected chi connectivity index (χ4v) is 4.44. The van der Waals surface area contributed by atoms with E-state index >= 15 is 0 Å². The number of hydrogen-bond acceptors (Lipinski definition) is 4. The van der Waals surface area contributed by atoms with Gasteiger partial charge in [0, 0.05) is 25.7 Å². The standard InChI is InChI=1S/C21H28N2O3S/c1-17-3-7-19(8-4-17)16-27(24,25)22-15-21(23-11-13-26-14-12-23)20-9-5-18(2)6-10-20/h3-10,21-22H,11-16H2,1-2H3. The van der Waals surface area contributed by atoms with Crippen LogP contribution in [0.4, 0.5) is 0 Å². The first-order valence-electron chi connectivity index (χ1n) is 9.34. The Labute approximate surface area is 162 Å². The zero-order valence-electron chi connectivity index (χ0n) is 16.0. The predicted molar refractivity (Wildman–Crippen MR) is 108 cm³/mol. The molecule has 0 radical (unpaired) electrons. The van der Waals surface area contributed by atoms with Gasteiger partial charge in [-0.1, -0.05) is 59.7 Å². The summed E-state index contributed by atoms with van der Waals surface area (Å²) >= 11 is 0. The number of nitrogens with one attached hydrogen (secondary N) is 1. The van der Waals surface area contributed by atoms with Gasteiger partial charge >= 0.3 is 0 Å². The highest BCUT2D eigenvalue weighted by molar-refractivity contribution is 7.88. The Morgan fingerprint density at radius 3 is 2.11 bits per heavy atom. The van der Waals surface area contributed by atoms with Crippen molar-refractivity contribution < 1.29 is 13.2 Å². The van der Waals surface area contributed by atoms with Gasteiger partial charge in [0.1, 0.15) is 0 Å². The zero-order valence-corrected chi connectivity index (χ0v) is 16.8. The normalized spacial score (nSPS) is 17.0. The molecule has 1 unspecified atom stereocenters. The van der Waals surface area contributed by atoms with E-state index in [2.05, 4.69) is 40.8 Å². The number of sulfonamides is 1. The van der Waals surface area contributed by atoms with Crippen LogP contribution in [0.25, 0.3) is 0 Å². The van der Waals surface area contributed by atoms with E-state index < -0.39 is 10.0 Å². The van der Waals surface area contributed by atoms with Gasteiger partial charge in [0.2, 0.25) is 10.0 Å². The van der Waals surface area contributed by atoms with Crippen molar-refractivity contribution in [2.75, 3.05) is 32.8 Å². The Bertz CT molecular complexity index is 827. The van der Waals surface area contributed by atoms with Crippen LogP contribution in [0.15, 0.2) is 48.5 Å². The molecule has 0 aromatic heterocycles. The largest absolute Gasteiger partial charge is 0.379 e. The van der Waals surface area contributed by atoms with Crippen LogP contribution < -0.4 is 4.72 Å². The minimum Gasteiger partial charge on any atom is -0.379 e. The van der Waals surface area contributed by atoms with Crippen molar-refractivity contribution in [1.82, 2.24) is 9.62 Å². The summed E-state index contributed by atoms with van der Waals surface area (Å²) < 4.78 is 33.5. The molecule has 27 heavy (non-hydrogen) atoms. The molecule has 2 aromatic rings. The molecular formula is C21H28N2O3S. The fraction of sp³-hybridized carbons (Fsp3) is 0.429. The van der Waals surface area contributed by atoms with Gasteiger partial charge in [-0.25, -0.2) is 13.1 Å². The lowest BCUT2D eigenvalue weighted by molar-refractivity contribution is 0.0172. The van der Waals surface area contributed by atoms with Gasteiger partial charge in [-0.3, -0.25) is 4.90 Å². The maximum Gasteiger partial charge on any atom is 0.215 e. The predicted octanol–water partition coefficient (Wildman–Crippen LogP) is 2.80. The van der Waals surface area contributed by atoms with Crippen LogP contribution >= 0.6 is 0 Å². The van der Waals surface area contributed by atoms with Crippen LogP contribution in [0.5, 0.6) is 0 Å². The minimum atomic E-state index is -3.41. The molecule has 0 aliphatic carbocycles. The molecule has 0 bridgehead atoms. The van der Waals surface area contributed by atoms with Crippen LogP contribution in [-0.2, 0) is 20.5 Å². The number of hydrogen-bond donors (Lipinski definition) is 1. The smallest absolute Gasteiger partial charge is 0.215 e. The molecule has 146 valence electrons. The summed E-state index contributed by atoms with van der Waals surface area (Å²) in [6.07, 6.45) is 0. The summed E-state index contributed by atoms with van der Waals surface area (Å²) in [5.41, 5.74) is 4.24. The third-order valence-electron chi connectivity index (χ3n) is 4.92. The van der Waals surface area contributed by atoms with Crippen LogP contribution in [0, 0.1) is 13.8 Å². The molecule has 1 fully saturated rings. The van der Waals surface area contributed by atoms with Gasteiger partial charge in [0.25, 0.3) is 0 Å². The summed E-state index contributed by atoms with van der Waals surface area (Å²) in [6, 6.07) is 15.9. The van der Waals surface area contributed by atoms with Crippen molar-refractivity contribution in [2.45, 2.75) is 25.6 Å². The van der Waals surface area contributed by atoms with Gasteiger partial charge in [-0.05, 0) is 25.0 Å². The molecule has 5 nitrogen and oxygen atoms in total. The number of rotatable bonds is 7. The van der Waals surface area contributed by atoms with Gasteiger partial charge in [-0.2, -0.15) is 0 Å². The summed E-state index contributed by atoms with van der Waals surface area (Å²) in [7, 11) is -3.41. The van der Waals surface area contributed by atoms with Gasteiger partial charge in [-0.15, -0.1) is 0 Å². The van der Waals surface area contributed by atoms with E-state index in [0.29, 0.717) is 19.8 Å². The third-order valence-corrected chi connectivity index (χ3v) is 6.24. The first-order valence-corrected chi connectivity index (χ1v) is 11.0. The average molecular weight is 389 g/mol. The highest BCUT2D eigenvalue weighted by Crippen LogP contribution is 2.22. The van der Waals surface area contributed by atoms with Crippen molar-refractivity contribution in [3.05, 3.63) is 70.8 Å². The molecule has 1 atom stereocenters. The lowest BCUT2D eigenvalue weighted by Gasteiger charge is -2.35. The molecule has 1 aliphatic rings. The molecule has 1 saturated heterocycles. The van der Waals surface area contributed by atoms with Crippen molar-refractivity contribution in [3.63, 3.8) is 0 Å². The second-order valence-corrected chi connectivity index (χ2v) is 8.97. The third kappa shape index (κ3) is 5.87. The van der Waals surface area contributed by atoms with Gasteiger partial charge in [0.15, 0.2) is 0 Å². The van der Waals surface area contributed by atoms with Crippen molar-refractivity contribution in [2.24, 2.45) is 0 Å². The highest BCUT2D eigenvalue weighted by atomic mass is 32.2. The monoisotopic (exact) mass is 388 g/mol. The number of nitrogens with zero attached hydrogens (tertiary/aromatic N) is 1. The average Bonchev–Trinajstić information content (AvgIpc) is 2.66. The maximum absolute atomic E-state index is 12.6. The number of benzene rings is 2. The number of aryl methyl sites for hydroxylation is 2. The summed E-state index contributed by atoms with van der Waals surface area (Å²) in [6.45, 7) is 7.37. The van der Waals surface area contributed by atoms with E-state index in [1.54, 1.807) is 0 Å². The van der Waals surface area contributed by atoms with Crippen LogP contribution in [0.1, 0.15) is 28.3 Å². The molecule has 0 spiro atoms. The Balaban J connectivity index is 1.71. The van der Waals surface area contributed by atoms with E-state index in [9.17, 15) is 8.42 Å². The zero-order chi connectivity index (χ0) is 19.3. The van der Waals surface area contributed by atoms with Crippen molar-refractivity contribution in [1.29, 1.82) is 0 Å². The van der Waals surface area contributed by atoms with E-state index in [-0.39, 0.29) is 11.8 Å². The molecular weight excluding hydrogens is 360 g/mol. The van der Waals surface area contributed by atoms with Crippen LogP contribution in [0.3, 0.4) is 0 Å². The molecule has 1 aliphatic heterocycles. The lowest BCUT2D eigenvalue weighted by atomic mass is 10.0. The first kappa shape index (κ1) is 20.0. The van der Waals surface area contributed by atoms with Crippen LogP contribution in [0.2, 0.25) is 0 Å². The molecule has 6 heteroatoms. The second kappa shape index (κ2) is 8.97. The minimum absolute atomic E-state index is 0.00212. The fourth-order valence-electron chi connectivity index (χ4n) is 3.30. The Morgan fingerprint density at radius 1 is 0.963 bits per heavy atom. The van der Waals surface area contributed by atoms with Crippen molar-refractivity contribution in [3.8, 4) is 0 Å². The van der Waals surface area contributed by atoms with Crippen molar-refractivity contribution >= 4 is 10.0 Å². The first-order chi connectivity index (χ1) is 12.9. The van der Waals surface area contributed by atoms with E-state index in [1.165, 1.54) is 5.56 Å². The van der Waals surface area contributed by atoms with Crippen LogP contribution in [-0.4, -0.2) is 46.2 Å². The van der Waals surface area contributed by atoms with E-state index in [1.807, 2.05) is 31.2 Å². The maximum atomic E-state index is 12.6. The topological polar surface area (TPSA) is 58.6 Å². The Morgan fingerprint density at radius 2 is 1.52 bits per heavy atom. The summed E-state index contributed by atoms with van der Waals surface area (Å²) in [5, 5.41) is 0. The van der Waals surface area contributed by atoms with E-state index in [4.69, 9.17) is 4.74 Å². The lowest BCUT2D eigenvalue weighted by Crippen LogP contribution is -2.44. The Kier molecular flexibility index (Phi) is 6.65. The molecule has 3 rings (SSSR count). The SMILES string of the molecule is Cc1ccc(CS(=O)(=O)NCC(c2ccc(C)cc2)N2CCOCC2)cc1. The Hall–Kier alpha value is -1.73. The number of morpholine rings is 1. The van der Waals surface area contributed by atoms with E-state index in [0.717, 1.165) is 29.8 Å². The molecule has 2 aromatic carbocycles. The molecule has 1 N–H and O–H groups in total. The second-order valence-electron chi connectivity index (χ2n) is 7.17. The molecule has 0 amide bonds. The summed E-state index contributed by atoms with van der Waals surface area (Å²) in [4.78, 5) is 2.29. The quantitative estimate of drug-likeness (QED) is 0.792. The molecule has 0 saturated carbocycles. The van der Waals surface area contributed by atoms with Gasteiger partial charge < -0.3 is 4.74 Å².